The van der Waals surface area contributed by atoms with E-state index in [9.17, 15) is 4.79 Å². The number of nitrogens with zero attached hydrogens (tertiary/aromatic N) is 2. The SMILES string of the molecule is CC1Nc2nc(-c3ccccc3)nc(NCCCNC(=O)CN)c2C1C. The molecule has 1 aliphatic rings. The van der Waals surface area contributed by atoms with E-state index in [1.54, 1.807) is 0 Å². The van der Waals surface area contributed by atoms with Crippen molar-refractivity contribution in [2.24, 2.45) is 5.73 Å². The summed E-state index contributed by atoms with van der Waals surface area (Å²) in [6.07, 6.45) is 0.794. The highest BCUT2D eigenvalue weighted by molar-refractivity contribution is 5.77. The third-order valence-corrected chi connectivity index (χ3v) is 4.70. The summed E-state index contributed by atoms with van der Waals surface area (Å²) in [5.74, 6) is 2.67. The van der Waals surface area contributed by atoms with Crippen LogP contribution in [0.25, 0.3) is 11.4 Å². The molecule has 1 aromatic carbocycles. The molecular formula is C19H26N6O. The summed E-state index contributed by atoms with van der Waals surface area (Å²) in [4.78, 5) is 20.7. The lowest BCUT2D eigenvalue weighted by atomic mass is 9.99. The molecule has 0 radical (unpaired) electrons. The fourth-order valence-electron chi connectivity index (χ4n) is 3.05. The first-order chi connectivity index (χ1) is 12.6. The molecule has 5 N–H and O–H groups in total. The van der Waals surface area contributed by atoms with Crippen LogP contribution >= 0.6 is 0 Å². The number of rotatable bonds is 7. The number of carbonyl (C=O) groups excluding carboxylic acids is 1. The second kappa shape index (κ2) is 8.14. The van der Waals surface area contributed by atoms with E-state index >= 15 is 0 Å². The van der Waals surface area contributed by atoms with Crippen LogP contribution < -0.4 is 21.7 Å². The van der Waals surface area contributed by atoms with Gasteiger partial charge in [0.05, 0.1) is 6.54 Å². The number of hydrogen-bond donors (Lipinski definition) is 4. The van der Waals surface area contributed by atoms with Crippen molar-refractivity contribution in [2.45, 2.75) is 32.2 Å². The van der Waals surface area contributed by atoms with Gasteiger partial charge in [0, 0.05) is 36.2 Å². The Labute approximate surface area is 153 Å². The number of benzene rings is 1. The van der Waals surface area contributed by atoms with Crippen LogP contribution in [0.15, 0.2) is 30.3 Å². The Bertz CT molecular complexity index is 764. The number of carbonyl (C=O) groups is 1. The van der Waals surface area contributed by atoms with E-state index in [4.69, 9.17) is 15.7 Å². The summed E-state index contributed by atoms with van der Waals surface area (Å²) < 4.78 is 0. The molecule has 2 heterocycles. The molecule has 0 fully saturated rings. The Kier molecular flexibility index (Phi) is 5.68. The van der Waals surface area contributed by atoms with Crippen LogP contribution in [0, 0.1) is 0 Å². The zero-order valence-electron chi connectivity index (χ0n) is 15.2. The van der Waals surface area contributed by atoms with Crippen LogP contribution in [0.2, 0.25) is 0 Å². The zero-order chi connectivity index (χ0) is 18.5. The molecule has 7 nitrogen and oxygen atoms in total. The standard InChI is InChI=1S/C19H26N6O/c1-12-13(2)23-19-16(12)18(22-10-6-9-21-15(26)11-20)24-17(25-19)14-7-4-3-5-8-14/h3-5,7-8,12-13H,6,9-11,20H2,1-2H3,(H,21,26)(H2,22,23,24,25). The molecule has 2 atom stereocenters. The largest absolute Gasteiger partial charge is 0.370 e. The third kappa shape index (κ3) is 3.94. The minimum absolute atomic E-state index is 0.0222. The van der Waals surface area contributed by atoms with E-state index in [0.717, 1.165) is 29.2 Å². The quantitative estimate of drug-likeness (QED) is 0.566. The van der Waals surface area contributed by atoms with E-state index in [0.29, 0.717) is 30.9 Å². The second-order valence-corrected chi connectivity index (χ2v) is 6.58. The molecule has 1 amide bonds. The van der Waals surface area contributed by atoms with Crippen molar-refractivity contribution >= 4 is 17.5 Å². The van der Waals surface area contributed by atoms with Crippen LogP contribution in [0.4, 0.5) is 11.6 Å². The molecule has 0 spiro atoms. The maximum absolute atomic E-state index is 11.2. The highest BCUT2D eigenvalue weighted by atomic mass is 16.1. The van der Waals surface area contributed by atoms with E-state index in [2.05, 4.69) is 29.8 Å². The molecule has 1 aromatic heterocycles. The Morgan fingerprint density at radius 1 is 1.19 bits per heavy atom. The van der Waals surface area contributed by atoms with Crippen molar-refractivity contribution in [3.05, 3.63) is 35.9 Å². The smallest absolute Gasteiger partial charge is 0.233 e. The molecule has 1 aliphatic heterocycles. The molecule has 2 aromatic rings. The molecule has 0 saturated heterocycles. The number of aromatic nitrogens is 2. The number of hydrogen-bond acceptors (Lipinski definition) is 6. The zero-order valence-corrected chi connectivity index (χ0v) is 15.2. The van der Waals surface area contributed by atoms with Crippen LogP contribution in [0.5, 0.6) is 0 Å². The summed E-state index contributed by atoms with van der Waals surface area (Å²) in [5.41, 5.74) is 7.40. The minimum Gasteiger partial charge on any atom is -0.370 e. The predicted octanol–water partition coefficient (Wildman–Crippen LogP) is 1.94. The Morgan fingerprint density at radius 2 is 1.96 bits per heavy atom. The van der Waals surface area contributed by atoms with Gasteiger partial charge in [-0.1, -0.05) is 37.3 Å². The van der Waals surface area contributed by atoms with Crippen molar-refractivity contribution in [3.8, 4) is 11.4 Å². The van der Waals surface area contributed by atoms with Crippen LogP contribution in [-0.2, 0) is 4.79 Å². The first kappa shape index (κ1) is 18.1. The van der Waals surface area contributed by atoms with Gasteiger partial charge in [-0.15, -0.1) is 0 Å². The van der Waals surface area contributed by atoms with Crippen molar-refractivity contribution < 1.29 is 4.79 Å². The highest BCUT2D eigenvalue weighted by Gasteiger charge is 2.30. The molecular weight excluding hydrogens is 328 g/mol. The minimum atomic E-state index is -0.133. The topological polar surface area (TPSA) is 105 Å². The number of fused-ring (bicyclic) bond motifs is 1. The lowest BCUT2D eigenvalue weighted by Crippen LogP contribution is -2.31. The highest BCUT2D eigenvalue weighted by Crippen LogP contribution is 2.39. The van der Waals surface area contributed by atoms with Gasteiger partial charge in [-0.2, -0.15) is 0 Å². The summed E-state index contributed by atoms with van der Waals surface area (Å²) in [7, 11) is 0. The van der Waals surface area contributed by atoms with Gasteiger partial charge in [0.2, 0.25) is 5.91 Å². The van der Waals surface area contributed by atoms with Gasteiger partial charge in [0.15, 0.2) is 5.82 Å². The van der Waals surface area contributed by atoms with E-state index in [1.807, 2.05) is 30.3 Å². The van der Waals surface area contributed by atoms with E-state index in [1.165, 1.54) is 0 Å². The lowest BCUT2D eigenvalue weighted by Gasteiger charge is -2.14. The number of anilines is 2. The van der Waals surface area contributed by atoms with E-state index in [-0.39, 0.29) is 12.5 Å². The number of nitrogens with two attached hydrogens (primary N) is 1. The van der Waals surface area contributed by atoms with Gasteiger partial charge in [0.25, 0.3) is 0 Å². The molecule has 0 aliphatic carbocycles. The first-order valence-electron chi connectivity index (χ1n) is 9.04. The van der Waals surface area contributed by atoms with Gasteiger partial charge in [-0.05, 0) is 13.3 Å². The summed E-state index contributed by atoms with van der Waals surface area (Å²) in [6, 6.07) is 10.3. The maximum Gasteiger partial charge on any atom is 0.233 e. The molecule has 7 heteroatoms. The van der Waals surface area contributed by atoms with E-state index < -0.39 is 0 Å². The molecule has 0 bridgehead atoms. The van der Waals surface area contributed by atoms with Crippen molar-refractivity contribution in [2.75, 3.05) is 30.3 Å². The molecule has 0 saturated carbocycles. The normalized spacial score (nSPS) is 18.1. The molecule has 26 heavy (non-hydrogen) atoms. The van der Waals surface area contributed by atoms with Gasteiger partial charge >= 0.3 is 0 Å². The van der Waals surface area contributed by atoms with Crippen molar-refractivity contribution in [3.63, 3.8) is 0 Å². The number of nitrogens with one attached hydrogen (secondary N) is 3. The average molecular weight is 354 g/mol. The second-order valence-electron chi connectivity index (χ2n) is 6.58. The fourth-order valence-corrected chi connectivity index (χ4v) is 3.05. The summed E-state index contributed by atoms with van der Waals surface area (Å²) in [6.45, 7) is 5.66. The van der Waals surface area contributed by atoms with Crippen LogP contribution in [0.3, 0.4) is 0 Å². The Hall–Kier alpha value is -2.67. The van der Waals surface area contributed by atoms with Crippen molar-refractivity contribution in [1.29, 1.82) is 0 Å². The Morgan fingerprint density at radius 3 is 2.69 bits per heavy atom. The average Bonchev–Trinajstić information content (AvgIpc) is 2.95. The lowest BCUT2D eigenvalue weighted by molar-refractivity contribution is -0.119. The molecule has 2 unspecified atom stereocenters. The van der Waals surface area contributed by atoms with Crippen molar-refractivity contribution in [1.82, 2.24) is 15.3 Å². The van der Waals surface area contributed by atoms with Gasteiger partial charge in [-0.3, -0.25) is 4.79 Å². The van der Waals surface area contributed by atoms with Gasteiger partial charge in [-0.25, -0.2) is 9.97 Å². The summed E-state index contributed by atoms with van der Waals surface area (Å²) >= 11 is 0. The number of amides is 1. The third-order valence-electron chi connectivity index (χ3n) is 4.70. The summed E-state index contributed by atoms with van der Waals surface area (Å²) in [5, 5.41) is 9.66. The first-order valence-corrected chi connectivity index (χ1v) is 9.04. The fraction of sp³-hybridized carbons (Fsp3) is 0.421. The molecule has 3 rings (SSSR count). The Balaban J connectivity index is 1.77. The van der Waals surface area contributed by atoms with Gasteiger partial charge < -0.3 is 21.7 Å². The van der Waals surface area contributed by atoms with Crippen LogP contribution in [-0.4, -0.2) is 41.6 Å². The van der Waals surface area contributed by atoms with Crippen LogP contribution in [0.1, 0.15) is 31.7 Å². The molecule has 138 valence electrons. The monoisotopic (exact) mass is 354 g/mol. The maximum atomic E-state index is 11.2. The van der Waals surface area contributed by atoms with Gasteiger partial charge in [0.1, 0.15) is 11.6 Å². The predicted molar refractivity (Wildman–Crippen MR) is 104 cm³/mol.